The normalized spacial score (nSPS) is 12.4. The van der Waals surface area contributed by atoms with Crippen LogP contribution >= 0.6 is 46.4 Å². The minimum atomic E-state index is 0.297. The van der Waals surface area contributed by atoms with Gasteiger partial charge in [-0.05, 0) is 48.1 Å². The summed E-state index contributed by atoms with van der Waals surface area (Å²) in [7, 11) is 0. The Balaban J connectivity index is 2.11. The summed E-state index contributed by atoms with van der Waals surface area (Å²) < 4.78 is 0. The molecule has 0 aliphatic heterocycles. The molecule has 1 atom stereocenters. The number of rotatable bonds is 5. The van der Waals surface area contributed by atoms with Crippen molar-refractivity contribution >= 4 is 46.4 Å². The van der Waals surface area contributed by atoms with Crippen LogP contribution in [0.5, 0.6) is 0 Å². The summed E-state index contributed by atoms with van der Waals surface area (Å²) in [5, 5.41) is 1.95. The molecule has 2 aromatic rings. The Morgan fingerprint density at radius 1 is 0.900 bits per heavy atom. The highest BCUT2D eigenvalue weighted by atomic mass is 35.5. The van der Waals surface area contributed by atoms with Crippen LogP contribution in [-0.2, 0) is 12.8 Å². The van der Waals surface area contributed by atoms with Crippen molar-refractivity contribution in [3.8, 4) is 0 Å². The molecule has 1 unspecified atom stereocenters. The lowest BCUT2D eigenvalue weighted by molar-refractivity contribution is 0.584. The highest BCUT2D eigenvalue weighted by molar-refractivity contribution is 6.42. The molecule has 20 heavy (non-hydrogen) atoms. The molecule has 0 heterocycles. The molecule has 0 aliphatic carbocycles. The Morgan fingerprint density at radius 3 is 2.35 bits per heavy atom. The summed E-state index contributed by atoms with van der Waals surface area (Å²) in [5.41, 5.74) is 2.22. The van der Waals surface area contributed by atoms with E-state index in [1.165, 1.54) is 5.56 Å². The van der Waals surface area contributed by atoms with Crippen LogP contribution in [-0.4, -0.2) is 5.88 Å². The average Bonchev–Trinajstić information content (AvgIpc) is 2.43. The van der Waals surface area contributed by atoms with Gasteiger partial charge in [-0.2, -0.15) is 0 Å². The van der Waals surface area contributed by atoms with Crippen LogP contribution in [0, 0.1) is 5.92 Å². The molecule has 2 rings (SSSR count). The van der Waals surface area contributed by atoms with Gasteiger partial charge in [0.05, 0.1) is 10.0 Å². The zero-order valence-electron chi connectivity index (χ0n) is 10.8. The molecule has 106 valence electrons. The summed E-state index contributed by atoms with van der Waals surface area (Å²) in [5.74, 6) is 0.862. The van der Waals surface area contributed by atoms with Crippen molar-refractivity contribution in [3.05, 3.63) is 68.7 Å². The standard InChI is InChI=1S/C16H14Cl4/c17-10-12(7-11-3-1-5-14(18)9-11)8-13-4-2-6-15(19)16(13)20/h1-6,9,12H,7-8,10H2. The first-order valence-electron chi connectivity index (χ1n) is 6.33. The Morgan fingerprint density at radius 2 is 1.65 bits per heavy atom. The second-order valence-corrected chi connectivity index (χ2v) is 6.30. The molecule has 0 spiro atoms. The van der Waals surface area contributed by atoms with Gasteiger partial charge >= 0.3 is 0 Å². The summed E-state index contributed by atoms with van der Waals surface area (Å²) in [6, 6.07) is 13.6. The van der Waals surface area contributed by atoms with Gasteiger partial charge in [0.15, 0.2) is 0 Å². The average molecular weight is 348 g/mol. The van der Waals surface area contributed by atoms with Crippen molar-refractivity contribution in [1.82, 2.24) is 0 Å². The zero-order valence-corrected chi connectivity index (χ0v) is 13.8. The molecule has 0 nitrogen and oxygen atoms in total. The van der Waals surface area contributed by atoms with Gasteiger partial charge in [-0.15, -0.1) is 11.6 Å². The van der Waals surface area contributed by atoms with Crippen LogP contribution < -0.4 is 0 Å². The maximum absolute atomic E-state index is 6.23. The van der Waals surface area contributed by atoms with Crippen LogP contribution in [0.3, 0.4) is 0 Å². The van der Waals surface area contributed by atoms with E-state index in [9.17, 15) is 0 Å². The molecule has 0 fully saturated rings. The predicted octanol–water partition coefficient (Wildman–Crippen LogP) is 6.29. The lowest BCUT2D eigenvalue weighted by Gasteiger charge is -2.15. The summed E-state index contributed by atoms with van der Waals surface area (Å²) in [6.07, 6.45) is 1.67. The largest absolute Gasteiger partial charge is 0.126 e. The van der Waals surface area contributed by atoms with Crippen LogP contribution in [0.25, 0.3) is 0 Å². The van der Waals surface area contributed by atoms with Gasteiger partial charge in [-0.25, -0.2) is 0 Å². The molecule has 0 aromatic heterocycles. The second-order valence-electron chi connectivity index (χ2n) is 4.77. The Kier molecular flexibility index (Phi) is 6.04. The lowest BCUT2D eigenvalue weighted by Crippen LogP contribution is -2.10. The van der Waals surface area contributed by atoms with Gasteiger partial charge < -0.3 is 0 Å². The summed E-state index contributed by atoms with van der Waals surface area (Å²) >= 11 is 24.4. The van der Waals surface area contributed by atoms with Gasteiger partial charge in [0.2, 0.25) is 0 Å². The Hall–Kier alpha value is -0.400. The van der Waals surface area contributed by atoms with E-state index in [4.69, 9.17) is 46.4 Å². The van der Waals surface area contributed by atoms with Crippen molar-refractivity contribution in [2.75, 3.05) is 5.88 Å². The summed E-state index contributed by atoms with van der Waals surface area (Å²) in [6.45, 7) is 0. The van der Waals surface area contributed by atoms with Gasteiger partial charge in [0.25, 0.3) is 0 Å². The van der Waals surface area contributed by atoms with Gasteiger partial charge in [0.1, 0.15) is 0 Å². The van der Waals surface area contributed by atoms with Crippen molar-refractivity contribution in [2.45, 2.75) is 12.8 Å². The van der Waals surface area contributed by atoms with Crippen LogP contribution in [0.4, 0.5) is 0 Å². The monoisotopic (exact) mass is 346 g/mol. The Bertz CT molecular complexity index is 580. The number of alkyl halides is 1. The molecule has 0 radical (unpaired) electrons. The van der Waals surface area contributed by atoms with Crippen molar-refractivity contribution in [2.24, 2.45) is 5.92 Å². The van der Waals surface area contributed by atoms with Crippen LogP contribution in [0.2, 0.25) is 15.1 Å². The molecule has 4 heteroatoms. The van der Waals surface area contributed by atoms with E-state index in [0.29, 0.717) is 21.8 Å². The smallest absolute Gasteiger partial charge is 0.0624 e. The quantitative estimate of drug-likeness (QED) is 0.557. The first-order valence-corrected chi connectivity index (χ1v) is 8.00. The van der Waals surface area contributed by atoms with E-state index in [1.807, 2.05) is 30.3 Å². The summed E-state index contributed by atoms with van der Waals surface area (Å²) in [4.78, 5) is 0. The van der Waals surface area contributed by atoms with Crippen LogP contribution in [0.15, 0.2) is 42.5 Å². The third-order valence-electron chi connectivity index (χ3n) is 3.17. The minimum Gasteiger partial charge on any atom is -0.126 e. The van der Waals surface area contributed by atoms with Gasteiger partial charge in [-0.3, -0.25) is 0 Å². The maximum Gasteiger partial charge on any atom is 0.0624 e. The number of hydrogen-bond donors (Lipinski definition) is 0. The Labute approximate surface area is 139 Å². The highest BCUT2D eigenvalue weighted by Gasteiger charge is 2.13. The first kappa shape index (κ1) is 16.0. The number of benzene rings is 2. The molecule has 0 amide bonds. The number of halogens is 4. The fourth-order valence-electron chi connectivity index (χ4n) is 2.20. The topological polar surface area (TPSA) is 0 Å². The lowest BCUT2D eigenvalue weighted by atomic mass is 9.94. The maximum atomic E-state index is 6.23. The molecule has 0 bridgehead atoms. The number of hydrogen-bond acceptors (Lipinski definition) is 0. The minimum absolute atomic E-state index is 0.297. The van der Waals surface area contributed by atoms with E-state index in [-0.39, 0.29) is 0 Å². The van der Waals surface area contributed by atoms with Gasteiger partial charge in [-0.1, -0.05) is 59.1 Å². The molecular formula is C16H14Cl4. The fourth-order valence-corrected chi connectivity index (χ4v) is 3.02. The molecule has 0 aliphatic rings. The van der Waals surface area contributed by atoms with Crippen molar-refractivity contribution in [3.63, 3.8) is 0 Å². The first-order chi connectivity index (χ1) is 9.60. The van der Waals surface area contributed by atoms with Crippen LogP contribution in [0.1, 0.15) is 11.1 Å². The van der Waals surface area contributed by atoms with E-state index in [2.05, 4.69) is 6.07 Å². The van der Waals surface area contributed by atoms with E-state index in [0.717, 1.165) is 23.4 Å². The second kappa shape index (κ2) is 7.56. The molecule has 0 N–H and O–H groups in total. The van der Waals surface area contributed by atoms with Crippen molar-refractivity contribution < 1.29 is 0 Å². The third kappa shape index (κ3) is 4.30. The van der Waals surface area contributed by atoms with E-state index >= 15 is 0 Å². The fraction of sp³-hybridized carbons (Fsp3) is 0.250. The predicted molar refractivity (Wildman–Crippen MR) is 89.5 cm³/mol. The zero-order chi connectivity index (χ0) is 14.5. The molecule has 0 saturated carbocycles. The van der Waals surface area contributed by atoms with E-state index in [1.54, 1.807) is 6.07 Å². The third-order valence-corrected chi connectivity index (χ3v) is 4.70. The van der Waals surface area contributed by atoms with E-state index < -0.39 is 0 Å². The van der Waals surface area contributed by atoms with Gasteiger partial charge in [0, 0.05) is 10.9 Å². The van der Waals surface area contributed by atoms with Crippen molar-refractivity contribution in [1.29, 1.82) is 0 Å². The highest BCUT2D eigenvalue weighted by Crippen LogP contribution is 2.28. The SMILES string of the molecule is ClCC(Cc1cccc(Cl)c1)Cc1cccc(Cl)c1Cl. The molecular weight excluding hydrogens is 334 g/mol. The molecule has 0 saturated heterocycles. The molecule has 2 aromatic carbocycles.